The largest absolute Gasteiger partial charge is 0.353 e. The van der Waals surface area contributed by atoms with Crippen molar-refractivity contribution in [3.8, 4) is 10.6 Å². The van der Waals surface area contributed by atoms with Crippen LogP contribution in [0.4, 0.5) is 11.8 Å². The van der Waals surface area contributed by atoms with Crippen molar-refractivity contribution in [2.75, 3.05) is 49.1 Å². The minimum Gasteiger partial charge on any atom is -0.353 e. The van der Waals surface area contributed by atoms with Crippen molar-refractivity contribution in [2.45, 2.75) is 12.8 Å². The van der Waals surface area contributed by atoms with E-state index < -0.39 is 0 Å². The lowest BCUT2D eigenvalue weighted by Crippen LogP contribution is -2.49. The molecule has 2 fully saturated rings. The van der Waals surface area contributed by atoms with Crippen molar-refractivity contribution in [1.29, 1.82) is 0 Å². The number of nitrogens with zero attached hydrogens (tertiary/aromatic N) is 7. The summed E-state index contributed by atoms with van der Waals surface area (Å²) in [5, 5.41) is 6.55. The van der Waals surface area contributed by atoms with E-state index in [-0.39, 0.29) is 5.91 Å². The summed E-state index contributed by atoms with van der Waals surface area (Å²) in [6.45, 7) is 4.92. The van der Waals surface area contributed by atoms with Crippen molar-refractivity contribution in [2.24, 2.45) is 7.05 Å². The average molecular weight is 424 g/mol. The van der Waals surface area contributed by atoms with Crippen molar-refractivity contribution in [3.05, 3.63) is 41.5 Å². The molecule has 5 rings (SSSR count). The van der Waals surface area contributed by atoms with Gasteiger partial charge in [0.25, 0.3) is 5.91 Å². The fourth-order valence-electron chi connectivity index (χ4n) is 4.10. The molecule has 0 bridgehead atoms. The summed E-state index contributed by atoms with van der Waals surface area (Å²) in [5.74, 6) is 1.80. The van der Waals surface area contributed by atoms with Gasteiger partial charge in [0, 0.05) is 52.5 Å². The Morgan fingerprint density at radius 1 is 1.03 bits per heavy atom. The first-order valence-corrected chi connectivity index (χ1v) is 11.3. The van der Waals surface area contributed by atoms with Crippen LogP contribution < -0.4 is 9.80 Å². The van der Waals surface area contributed by atoms with Gasteiger partial charge < -0.3 is 14.7 Å². The SMILES string of the molecule is Cn1nc(-c2cccs2)cc1C(=O)N1CCN(c2ccnc(N3CCCC3)n2)CC1. The number of hydrogen-bond acceptors (Lipinski definition) is 7. The highest BCUT2D eigenvalue weighted by Crippen LogP contribution is 2.25. The van der Waals surface area contributed by atoms with E-state index in [9.17, 15) is 4.79 Å². The van der Waals surface area contributed by atoms with Crippen LogP contribution in [0.5, 0.6) is 0 Å². The molecule has 0 aliphatic carbocycles. The minimum absolute atomic E-state index is 0.0351. The molecule has 8 nitrogen and oxygen atoms in total. The van der Waals surface area contributed by atoms with E-state index in [0.717, 1.165) is 48.5 Å². The first-order valence-electron chi connectivity index (χ1n) is 10.4. The zero-order chi connectivity index (χ0) is 20.5. The topological polar surface area (TPSA) is 70.4 Å². The Balaban J connectivity index is 1.25. The van der Waals surface area contributed by atoms with Gasteiger partial charge in [0.05, 0.1) is 4.88 Å². The molecule has 3 aromatic rings. The monoisotopic (exact) mass is 423 g/mol. The number of piperazine rings is 1. The van der Waals surface area contributed by atoms with Gasteiger partial charge >= 0.3 is 0 Å². The summed E-state index contributed by atoms with van der Waals surface area (Å²) in [6.07, 6.45) is 4.25. The number of carbonyl (C=O) groups excluding carboxylic acids is 1. The Morgan fingerprint density at radius 3 is 2.57 bits per heavy atom. The lowest BCUT2D eigenvalue weighted by atomic mass is 10.2. The van der Waals surface area contributed by atoms with E-state index in [2.05, 4.69) is 19.9 Å². The van der Waals surface area contributed by atoms with Crippen LogP contribution in [-0.4, -0.2) is 69.8 Å². The van der Waals surface area contributed by atoms with Gasteiger partial charge in [-0.05, 0) is 36.4 Å². The van der Waals surface area contributed by atoms with E-state index in [1.165, 1.54) is 12.8 Å². The van der Waals surface area contributed by atoms with Gasteiger partial charge in [0.1, 0.15) is 17.2 Å². The lowest BCUT2D eigenvalue weighted by molar-refractivity contribution is 0.0735. The number of hydrogen-bond donors (Lipinski definition) is 0. The first kappa shape index (κ1) is 19.0. The third-order valence-corrected chi connectivity index (χ3v) is 6.67. The Bertz CT molecular complexity index is 1020. The number of aryl methyl sites for hydroxylation is 1. The van der Waals surface area contributed by atoms with Gasteiger partial charge in [-0.1, -0.05) is 6.07 Å². The van der Waals surface area contributed by atoms with Crippen molar-refractivity contribution in [3.63, 3.8) is 0 Å². The van der Waals surface area contributed by atoms with Gasteiger partial charge in [-0.15, -0.1) is 11.3 Å². The van der Waals surface area contributed by atoms with E-state index in [0.29, 0.717) is 18.8 Å². The Hall–Kier alpha value is -2.94. The summed E-state index contributed by atoms with van der Waals surface area (Å²) >= 11 is 1.63. The summed E-state index contributed by atoms with van der Waals surface area (Å²) in [7, 11) is 1.83. The van der Waals surface area contributed by atoms with Crippen LogP contribution in [-0.2, 0) is 7.05 Å². The molecule has 1 amide bonds. The number of aromatic nitrogens is 4. The van der Waals surface area contributed by atoms with Gasteiger partial charge in [-0.25, -0.2) is 4.98 Å². The molecule has 5 heterocycles. The molecule has 2 aliphatic heterocycles. The summed E-state index contributed by atoms with van der Waals surface area (Å²) < 4.78 is 1.69. The number of carbonyl (C=O) groups is 1. The number of amides is 1. The predicted molar refractivity (Wildman–Crippen MR) is 118 cm³/mol. The maximum atomic E-state index is 13.1. The molecule has 156 valence electrons. The molecule has 2 aliphatic rings. The molecule has 9 heteroatoms. The van der Waals surface area contributed by atoms with Crippen molar-refractivity contribution in [1.82, 2.24) is 24.6 Å². The molecular weight excluding hydrogens is 398 g/mol. The Morgan fingerprint density at radius 2 is 1.83 bits per heavy atom. The third-order valence-electron chi connectivity index (χ3n) is 5.78. The van der Waals surface area contributed by atoms with Crippen LogP contribution in [0.3, 0.4) is 0 Å². The third kappa shape index (κ3) is 3.65. The average Bonchev–Trinajstić information content (AvgIpc) is 3.55. The highest BCUT2D eigenvalue weighted by molar-refractivity contribution is 7.13. The van der Waals surface area contributed by atoms with Crippen molar-refractivity contribution >= 4 is 29.0 Å². The molecule has 0 aromatic carbocycles. The van der Waals surface area contributed by atoms with Gasteiger partial charge in [-0.2, -0.15) is 10.1 Å². The normalized spacial score (nSPS) is 17.0. The minimum atomic E-state index is 0.0351. The first-order chi connectivity index (χ1) is 14.7. The van der Waals surface area contributed by atoms with Crippen LogP contribution in [0.1, 0.15) is 23.3 Å². The quantitative estimate of drug-likeness (QED) is 0.642. The molecule has 0 atom stereocenters. The molecule has 0 unspecified atom stereocenters. The van der Waals surface area contributed by atoms with E-state index in [4.69, 9.17) is 4.98 Å². The fraction of sp³-hybridized carbons (Fsp3) is 0.429. The molecular formula is C21H25N7OS. The van der Waals surface area contributed by atoms with Crippen LogP contribution in [0, 0.1) is 0 Å². The van der Waals surface area contributed by atoms with Crippen molar-refractivity contribution < 1.29 is 4.79 Å². The molecule has 0 radical (unpaired) electrons. The molecule has 0 saturated carbocycles. The zero-order valence-electron chi connectivity index (χ0n) is 17.1. The van der Waals surface area contributed by atoms with Crippen LogP contribution in [0.2, 0.25) is 0 Å². The van der Waals surface area contributed by atoms with Crippen LogP contribution >= 0.6 is 11.3 Å². The lowest BCUT2D eigenvalue weighted by Gasteiger charge is -2.35. The smallest absolute Gasteiger partial charge is 0.272 e. The predicted octanol–water partition coefficient (Wildman–Crippen LogP) is 2.50. The summed E-state index contributed by atoms with van der Waals surface area (Å²) in [4.78, 5) is 29.8. The molecule has 2 saturated heterocycles. The highest BCUT2D eigenvalue weighted by atomic mass is 32.1. The Kier molecular flexibility index (Phi) is 5.12. The van der Waals surface area contributed by atoms with Crippen LogP contribution in [0.15, 0.2) is 35.8 Å². The number of thiophene rings is 1. The van der Waals surface area contributed by atoms with E-state index >= 15 is 0 Å². The molecule has 0 spiro atoms. The molecule has 0 N–H and O–H groups in total. The standard InChI is InChI=1S/C21H25N7OS/c1-25-17(15-16(24-25)18-5-4-14-30-18)20(29)27-12-10-26(11-13-27)19-6-7-22-21(23-19)28-8-2-3-9-28/h4-7,14-15H,2-3,8-13H2,1H3. The van der Waals surface area contributed by atoms with Gasteiger partial charge in [-0.3, -0.25) is 9.48 Å². The second kappa shape index (κ2) is 8.06. The van der Waals surface area contributed by atoms with E-state index in [1.54, 1.807) is 16.0 Å². The zero-order valence-corrected chi connectivity index (χ0v) is 17.9. The van der Waals surface area contributed by atoms with Gasteiger partial charge in [0.2, 0.25) is 5.95 Å². The molecule has 3 aromatic heterocycles. The van der Waals surface area contributed by atoms with Gasteiger partial charge in [0.15, 0.2) is 0 Å². The Labute approximate surface area is 179 Å². The number of rotatable bonds is 4. The van der Waals surface area contributed by atoms with E-state index in [1.807, 2.05) is 47.8 Å². The second-order valence-electron chi connectivity index (χ2n) is 7.70. The summed E-state index contributed by atoms with van der Waals surface area (Å²) in [5.41, 5.74) is 1.48. The summed E-state index contributed by atoms with van der Waals surface area (Å²) in [6, 6.07) is 7.88. The molecule has 30 heavy (non-hydrogen) atoms. The maximum absolute atomic E-state index is 13.1. The van der Waals surface area contributed by atoms with Crippen LogP contribution in [0.25, 0.3) is 10.6 Å². The second-order valence-corrected chi connectivity index (χ2v) is 8.65. The number of anilines is 2. The highest BCUT2D eigenvalue weighted by Gasteiger charge is 2.26. The maximum Gasteiger partial charge on any atom is 0.272 e. The fourth-order valence-corrected chi connectivity index (χ4v) is 4.78.